The molecule has 2 aromatic carbocycles. The van der Waals surface area contributed by atoms with Crippen molar-refractivity contribution in [2.24, 2.45) is 0 Å². The Kier molecular flexibility index (Phi) is 4.81. The van der Waals surface area contributed by atoms with Crippen LogP contribution in [0.2, 0.25) is 0 Å². The number of fused-ring (bicyclic) bond motifs is 2. The van der Waals surface area contributed by atoms with E-state index in [0.29, 0.717) is 41.0 Å². The summed E-state index contributed by atoms with van der Waals surface area (Å²) in [5, 5.41) is 5.40. The van der Waals surface area contributed by atoms with Gasteiger partial charge in [0.2, 0.25) is 0 Å². The molecule has 0 spiro atoms. The molecule has 0 radical (unpaired) electrons. The number of benzene rings is 2. The number of aryl methyl sites for hydroxylation is 1. The molecule has 4 aromatic rings. The summed E-state index contributed by atoms with van der Waals surface area (Å²) in [6.07, 6.45) is 1.32. The number of hydrogen-bond donors (Lipinski definition) is 0. The number of nitrogens with zero attached hydrogens (tertiary/aromatic N) is 4. The van der Waals surface area contributed by atoms with Crippen molar-refractivity contribution in [3.63, 3.8) is 0 Å². The summed E-state index contributed by atoms with van der Waals surface area (Å²) in [5.41, 5.74) is 5.46. The van der Waals surface area contributed by atoms with Gasteiger partial charge in [-0.25, -0.2) is 18.1 Å². The van der Waals surface area contributed by atoms with Crippen LogP contribution in [0.25, 0.3) is 22.3 Å². The average molecular weight is 473 g/mol. The van der Waals surface area contributed by atoms with Crippen LogP contribution in [-0.2, 0) is 16.3 Å². The number of carbonyl (C=O) groups is 1. The maximum atomic E-state index is 14.0. The fraction of sp³-hybridized carbons (Fsp3) is 0.269. The molecule has 2 aliphatic rings. The smallest absolute Gasteiger partial charge is 0.259 e. The van der Waals surface area contributed by atoms with E-state index in [4.69, 9.17) is 10.1 Å². The number of pyridine rings is 1. The predicted octanol–water partition coefficient (Wildman–Crippen LogP) is 3.97. The highest BCUT2D eigenvalue weighted by atomic mass is 32.2. The number of para-hydroxylation sites is 1. The molecule has 1 saturated heterocycles. The minimum absolute atomic E-state index is 0.0449. The first-order valence-corrected chi connectivity index (χ1v) is 13.3. The Bertz CT molecular complexity index is 1540. The average Bonchev–Trinajstić information content (AvgIpc) is 3.53. The molecule has 2 aliphatic heterocycles. The number of aromatic nitrogens is 3. The zero-order valence-electron chi connectivity index (χ0n) is 18.8. The molecular formula is C26H24N4O3S. The van der Waals surface area contributed by atoms with E-state index in [1.807, 2.05) is 66.4 Å². The van der Waals surface area contributed by atoms with E-state index < -0.39 is 9.84 Å². The molecule has 0 N–H and O–H groups in total. The first-order chi connectivity index (χ1) is 16.4. The van der Waals surface area contributed by atoms with E-state index in [0.717, 1.165) is 23.2 Å². The van der Waals surface area contributed by atoms with Crippen LogP contribution in [0.15, 0.2) is 60.7 Å². The molecule has 2 aromatic heterocycles. The van der Waals surface area contributed by atoms with Crippen LogP contribution in [0.1, 0.15) is 34.1 Å². The fourth-order valence-electron chi connectivity index (χ4n) is 5.16. The predicted molar refractivity (Wildman–Crippen MR) is 132 cm³/mol. The lowest BCUT2D eigenvalue weighted by atomic mass is 10.0. The van der Waals surface area contributed by atoms with Crippen LogP contribution in [-0.4, -0.2) is 47.1 Å². The molecule has 7 nitrogen and oxygen atoms in total. The quantitative estimate of drug-likeness (QED) is 0.450. The highest BCUT2D eigenvalue weighted by Crippen LogP contribution is 2.35. The van der Waals surface area contributed by atoms with Gasteiger partial charge in [0.05, 0.1) is 39.9 Å². The lowest BCUT2D eigenvalue weighted by Gasteiger charge is -2.19. The molecular weight excluding hydrogens is 448 g/mol. The van der Waals surface area contributed by atoms with E-state index in [1.54, 1.807) is 4.68 Å². The summed E-state index contributed by atoms with van der Waals surface area (Å²) >= 11 is 0. The van der Waals surface area contributed by atoms with Gasteiger partial charge in [-0.3, -0.25) is 4.79 Å². The topological polar surface area (TPSA) is 85.2 Å². The number of rotatable bonds is 3. The largest absolute Gasteiger partial charge is 0.308 e. The van der Waals surface area contributed by atoms with Crippen LogP contribution in [0.4, 0.5) is 5.69 Å². The van der Waals surface area contributed by atoms with E-state index in [-0.39, 0.29) is 23.5 Å². The monoisotopic (exact) mass is 472 g/mol. The minimum atomic E-state index is -3.10. The van der Waals surface area contributed by atoms with Crippen molar-refractivity contribution in [2.45, 2.75) is 25.8 Å². The zero-order chi connectivity index (χ0) is 23.4. The van der Waals surface area contributed by atoms with E-state index in [9.17, 15) is 13.2 Å². The molecule has 4 heterocycles. The fourth-order valence-corrected chi connectivity index (χ4v) is 6.85. The second-order valence-corrected chi connectivity index (χ2v) is 11.3. The molecule has 1 amide bonds. The lowest BCUT2D eigenvalue weighted by Crippen LogP contribution is -2.29. The highest BCUT2D eigenvalue weighted by Gasteiger charge is 2.34. The van der Waals surface area contributed by atoms with Gasteiger partial charge in [-0.15, -0.1) is 0 Å². The summed E-state index contributed by atoms with van der Waals surface area (Å²) < 4.78 is 26.1. The van der Waals surface area contributed by atoms with Gasteiger partial charge in [0, 0.05) is 17.8 Å². The maximum Gasteiger partial charge on any atom is 0.259 e. The summed E-state index contributed by atoms with van der Waals surface area (Å²) in [6, 6.07) is 19.3. The van der Waals surface area contributed by atoms with Crippen LogP contribution >= 0.6 is 0 Å². The number of amides is 1. The molecule has 0 unspecified atom stereocenters. The van der Waals surface area contributed by atoms with Gasteiger partial charge in [0.15, 0.2) is 15.5 Å². The highest BCUT2D eigenvalue weighted by molar-refractivity contribution is 7.91. The summed E-state index contributed by atoms with van der Waals surface area (Å²) in [5.74, 6) is 0.104. The maximum absolute atomic E-state index is 14.0. The molecule has 1 atom stereocenters. The van der Waals surface area contributed by atoms with Crippen LogP contribution in [0, 0.1) is 6.92 Å². The Labute approximate surface area is 198 Å². The van der Waals surface area contributed by atoms with Crippen LogP contribution in [0.3, 0.4) is 0 Å². The van der Waals surface area contributed by atoms with Crippen molar-refractivity contribution in [3.05, 3.63) is 77.5 Å². The third-order valence-electron chi connectivity index (χ3n) is 6.82. The molecule has 0 saturated carbocycles. The molecule has 172 valence electrons. The van der Waals surface area contributed by atoms with Crippen molar-refractivity contribution in [1.29, 1.82) is 0 Å². The normalized spacial score (nSPS) is 19.0. The van der Waals surface area contributed by atoms with Crippen LogP contribution < -0.4 is 4.90 Å². The lowest BCUT2D eigenvalue weighted by molar-refractivity contribution is 0.0991. The zero-order valence-corrected chi connectivity index (χ0v) is 19.6. The molecule has 0 bridgehead atoms. The van der Waals surface area contributed by atoms with Crippen molar-refractivity contribution in [3.8, 4) is 11.3 Å². The van der Waals surface area contributed by atoms with Gasteiger partial charge in [0.25, 0.3) is 5.91 Å². The SMILES string of the molecule is Cc1nn([C@@H]2CCS(=O)(=O)C2)c2nc(-c3ccccc3)cc(C(=O)N3CCc4ccccc43)c12. The van der Waals surface area contributed by atoms with E-state index >= 15 is 0 Å². The van der Waals surface area contributed by atoms with Gasteiger partial charge in [-0.05, 0) is 37.5 Å². The molecule has 0 aliphatic carbocycles. The molecule has 8 heteroatoms. The van der Waals surface area contributed by atoms with Crippen LogP contribution in [0.5, 0.6) is 0 Å². The third-order valence-corrected chi connectivity index (χ3v) is 8.57. The van der Waals surface area contributed by atoms with Crippen molar-refractivity contribution < 1.29 is 13.2 Å². The molecule has 1 fully saturated rings. The first-order valence-electron chi connectivity index (χ1n) is 11.5. The number of hydrogen-bond acceptors (Lipinski definition) is 5. The number of carbonyl (C=O) groups excluding carboxylic acids is 1. The number of sulfone groups is 1. The standard InChI is InChI=1S/C26H24N4O3S/c1-17-24-21(26(31)29-13-11-19-9-5-6-10-23(19)29)15-22(18-7-3-2-4-8-18)27-25(24)30(28-17)20-12-14-34(32,33)16-20/h2-10,15,20H,11-14,16H2,1H3/t20-/m1/s1. The second kappa shape index (κ2) is 7.77. The van der Waals surface area contributed by atoms with Gasteiger partial charge < -0.3 is 4.90 Å². The Balaban J connectivity index is 1.55. The Morgan fingerprint density at radius 2 is 1.82 bits per heavy atom. The van der Waals surface area contributed by atoms with Gasteiger partial charge >= 0.3 is 0 Å². The second-order valence-electron chi connectivity index (χ2n) is 9.04. The Hall–Kier alpha value is -3.52. The third kappa shape index (κ3) is 3.40. The van der Waals surface area contributed by atoms with Gasteiger partial charge in [0.1, 0.15) is 0 Å². The van der Waals surface area contributed by atoms with E-state index in [2.05, 4.69) is 6.07 Å². The summed E-state index contributed by atoms with van der Waals surface area (Å²) in [6.45, 7) is 2.48. The van der Waals surface area contributed by atoms with Crippen molar-refractivity contribution in [2.75, 3.05) is 23.0 Å². The van der Waals surface area contributed by atoms with E-state index in [1.165, 1.54) is 0 Å². The van der Waals surface area contributed by atoms with Crippen molar-refractivity contribution in [1.82, 2.24) is 14.8 Å². The van der Waals surface area contributed by atoms with Gasteiger partial charge in [-0.1, -0.05) is 48.5 Å². The van der Waals surface area contributed by atoms with Crippen molar-refractivity contribution >= 4 is 32.5 Å². The summed E-state index contributed by atoms with van der Waals surface area (Å²) in [4.78, 5) is 20.7. The summed E-state index contributed by atoms with van der Waals surface area (Å²) in [7, 11) is -3.10. The Morgan fingerprint density at radius 3 is 2.59 bits per heavy atom. The Morgan fingerprint density at radius 1 is 1.06 bits per heavy atom. The molecule has 34 heavy (non-hydrogen) atoms. The minimum Gasteiger partial charge on any atom is -0.308 e. The van der Waals surface area contributed by atoms with Gasteiger partial charge in [-0.2, -0.15) is 5.10 Å². The number of anilines is 1. The first kappa shape index (κ1) is 21.0. The molecule has 6 rings (SSSR count).